The molecule has 0 fully saturated rings. The Balaban J connectivity index is 0.000000248. The van der Waals surface area contributed by atoms with Crippen LogP contribution in [0.15, 0.2) is 9.05 Å². The zero-order valence-corrected chi connectivity index (χ0v) is 23.6. The first-order valence-corrected chi connectivity index (χ1v) is 13.3. The minimum atomic E-state index is -4.36. The molecular weight excluding hydrogens is 594 g/mol. The fourth-order valence-electron chi connectivity index (χ4n) is 3.99. The molecule has 0 radical (unpaired) electrons. The van der Waals surface area contributed by atoms with Crippen LogP contribution in [-0.2, 0) is 30.7 Å². The second kappa shape index (κ2) is 13.6. The van der Waals surface area contributed by atoms with E-state index in [1.807, 2.05) is 0 Å². The minimum absolute atomic E-state index is 0.0514. The molecule has 0 saturated heterocycles. The van der Waals surface area contributed by atoms with E-state index in [0.29, 0.717) is 48.6 Å². The topological polar surface area (TPSA) is 152 Å². The maximum Gasteiger partial charge on any atom is 0.410 e. The van der Waals surface area contributed by atoms with Gasteiger partial charge in [-0.15, -0.1) is 0 Å². The number of ether oxygens (including phenoxy) is 1. The van der Waals surface area contributed by atoms with E-state index in [1.54, 1.807) is 20.8 Å². The zero-order valence-electron chi connectivity index (χ0n) is 23.6. The van der Waals surface area contributed by atoms with Crippen molar-refractivity contribution in [1.29, 1.82) is 0 Å². The molecule has 4 heterocycles. The van der Waals surface area contributed by atoms with Gasteiger partial charge in [0.25, 0.3) is 11.8 Å². The summed E-state index contributed by atoms with van der Waals surface area (Å²) in [5.74, 6) is -0.330. The lowest BCUT2D eigenvalue weighted by Crippen LogP contribution is -2.40. The number of hydrogen-bond donors (Lipinski definition) is 3. The Morgan fingerprint density at radius 3 is 1.88 bits per heavy atom. The molecule has 3 amide bonds. The third kappa shape index (κ3) is 10.4. The Bertz CT molecular complexity index is 1280. The van der Waals surface area contributed by atoms with Gasteiger partial charge in [-0.05, 0) is 20.8 Å². The van der Waals surface area contributed by atoms with Gasteiger partial charge in [-0.2, -0.15) is 26.3 Å². The van der Waals surface area contributed by atoms with Gasteiger partial charge in [0.15, 0.2) is 11.4 Å². The number of nitrogens with one attached hydrogen (secondary N) is 3. The largest absolute Gasteiger partial charge is 0.444 e. The Morgan fingerprint density at radius 2 is 1.37 bits per heavy atom. The molecule has 4 rings (SSSR count). The number of carbonyl (C=O) groups excluding carboxylic acids is 3. The smallest absolute Gasteiger partial charge is 0.410 e. The van der Waals surface area contributed by atoms with Crippen molar-refractivity contribution >= 4 is 17.9 Å². The lowest BCUT2D eigenvalue weighted by molar-refractivity contribution is -0.134. The molecule has 2 aliphatic heterocycles. The van der Waals surface area contributed by atoms with Crippen molar-refractivity contribution in [2.24, 2.45) is 0 Å². The molecule has 0 saturated carbocycles. The van der Waals surface area contributed by atoms with Crippen molar-refractivity contribution in [2.45, 2.75) is 77.5 Å². The highest BCUT2D eigenvalue weighted by molar-refractivity contribution is 5.94. The highest BCUT2D eigenvalue weighted by Crippen LogP contribution is 2.25. The van der Waals surface area contributed by atoms with Crippen LogP contribution in [-0.4, -0.2) is 77.3 Å². The molecule has 3 N–H and O–H groups in total. The Morgan fingerprint density at radius 1 is 0.860 bits per heavy atom. The second-order valence-corrected chi connectivity index (χ2v) is 10.7. The number of amides is 3. The molecule has 0 aliphatic carbocycles. The van der Waals surface area contributed by atoms with Crippen molar-refractivity contribution in [1.82, 2.24) is 31.2 Å². The molecule has 0 bridgehead atoms. The van der Waals surface area contributed by atoms with Crippen LogP contribution in [0.25, 0.3) is 0 Å². The van der Waals surface area contributed by atoms with E-state index < -0.39 is 61.8 Å². The number of carbonyl (C=O) groups is 3. The molecule has 18 heteroatoms. The van der Waals surface area contributed by atoms with Crippen LogP contribution in [0.1, 0.15) is 77.2 Å². The van der Waals surface area contributed by atoms with Gasteiger partial charge in [-0.25, -0.2) is 4.79 Å². The Kier molecular flexibility index (Phi) is 10.7. The molecule has 12 nitrogen and oxygen atoms in total. The number of nitrogens with zero attached hydrogens (tertiary/aromatic N) is 3. The predicted octanol–water partition coefficient (Wildman–Crippen LogP) is 3.65. The molecular formula is C25H32F6N6O6. The zero-order chi connectivity index (χ0) is 32.0. The first-order valence-electron chi connectivity index (χ1n) is 13.3. The first kappa shape index (κ1) is 33.7. The molecule has 0 atom stereocenters. The Hall–Kier alpha value is -3.83. The standard InChI is InChI=1S/C15H20F3N3O4.C10H12F3N3O2/c1-14(2,3)24-13(23)21-7-4-10-9(8-21)11(20-25-10)12(22)19-6-5-15(16,17)18;11-10(12,13)2-4-15-9(17)8-6-5-14-3-1-7(6)18-16-8/h4-8H2,1-3H3,(H,19,22);14H,1-5H2,(H,15,17). The third-order valence-electron chi connectivity index (χ3n) is 6.00. The number of fused-ring (bicyclic) bond motifs is 2. The molecule has 240 valence electrons. The second-order valence-electron chi connectivity index (χ2n) is 10.7. The van der Waals surface area contributed by atoms with Crippen LogP contribution in [0.3, 0.4) is 0 Å². The van der Waals surface area contributed by atoms with Gasteiger partial charge >= 0.3 is 18.4 Å². The maximum absolute atomic E-state index is 12.2. The van der Waals surface area contributed by atoms with Gasteiger partial charge in [0, 0.05) is 56.7 Å². The van der Waals surface area contributed by atoms with Crippen LogP contribution in [0.4, 0.5) is 31.1 Å². The van der Waals surface area contributed by atoms with Gasteiger partial charge in [-0.3, -0.25) is 9.59 Å². The quantitative estimate of drug-likeness (QED) is 0.408. The average Bonchev–Trinajstić information content (AvgIpc) is 3.50. The highest BCUT2D eigenvalue weighted by atomic mass is 19.4. The summed E-state index contributed by atoms with van der Waals surface area (Å²) in [6.45, 7) is 5.76. The summed E-state index contributed by atoms with van der Waals surface area (Å²) in [6.07, 6.45) is -10.4. The highest BCUT2D eigenvalue weighted by Gasteiger charge is 2.33. The SMILES string of the molecule is CC(C)(C)OC(=O)N1CCc2onc(C(=O)NCCC(F)(F)F)c2C1.O=C(NCCC(F)(F)F)c1noc2c1CNCC2. The minimum Gasteiger partial charge on any atom is -0.444 e. The number of aromatic nitrogens is 2. The Labute approximate surface area is 241 Å². The predicted molar refractivity (Wildman–Crippen MR) is 135 cm³/mol. The van der Waals surface area contributed by atoms with E-state index in [-0.39, 0.29) is 17.9 Å². The van der Waals surface area contributed by atoms with Crippen LogP contribution in [0, 0.1) is 0 Å². The summed E-state index contributed by atoms with van der Waals surface area (Å²) < 4.78 is 87.6. The first-order chi connectivity index (χ1) is 19.9. The van der Waals surface area contributed by atoms with Crippen molar-refractivity contribution < 1.29 is 54.5 Å². The van der Waals surface area contributed by atoms with Gasteiger partial charge < -0.3 is 34.6 Å². The van der Waals surface area contributed by atoms with Crippen LogP contribution in [0.5, 0.6) is 0 Å². The monoisotopic (exact) mass is 626 g/mol. The van der Waals surface area contributed by atoms with Crippen LogP contribution in [0.2, 0.25) is 0 Å². The molecule has 2 aromatic heterocycles. The fraction of sp³-hybridized carbons (Fsp3) is 0.640. The van der Waals surface area contributed by atoms with Gasteiger partial charge in [0.2, 0.25) is 0 Å². The molecule has 0 unspecified atom stereocenters. The van der Waals surface area contributed by atoms with Crippen molar-refractivity contribution in [3.05, 3.63) is 34.0 Å². The van der Waals surface area contributed by atoms with E-state index >= 15 is 0 Å². The van der Waals surface area contributed by atoms with Crippen LogP contribution < -0.4 is 16.0 Å². The van der Waals surface area contributed by atoms with Crippen molar-refractivity contribution in [2.75, 3.05) is 26.2 Å². The van der Waals surface area contributed by atoms with Crippen molar-refractivity contribution in [3.63, 3.8) is 0 Å². The average molecular weight is 627 g/mol. The maximum atomic E-state index is 12.2. The molecule has 2 aromatic rings. The summed E-state index contributed by atoms with van der Waals surface area (Å²) in [6, 6.07) is 0. The number of hydrogen-bond acceptors (Lipinski definition) is 9. The van der Waals surface area contributed by atoms with Crippen LogP contribution >= 0.6 is 0 Å². The molecule has 0 aromatic carbocycles. The fourth-order valence-corrected chi connectivity index (χ4v) is 3.99. The summed E-state index contributed by atoms with van der Waals surface area (Å²) in [5.41, 5.74) is 0.321. The number of rotatable bonds is 6. The summed E-state index contributed by atoms with van der Waals surface area (Å²) in [7, 11) is 0. The van der Waals surface area contributed by atoms with Gasteiger partial charge in [-0.1, -0.05) is 10.3 Å². The third-order valence-corrected chi connectivity index (χ3v) is 6.00. The lowest BCUT2D eigenvalue weighted by atomic mass is 10.1. The van der Waals surface area contributed by atoms with Crippen molar-refractivity contribution in [3.8, 4) is 0 Å². The van der Waals surface area contributed by atoms with E-state index in [9.17, 15) is 40.7 Å². The van der Waals surface area contributed by atoms with E-state index in [4.69, 9.17) is 13.8 Å². The summed E-state index contributed by atoms with van der Waals surface area (Å²) in [5, 5.41) is 14.6. The van der Waals surface area contributed by atoms with E-state index in [1.165, 1.54) is 4.90 Å². The molecule has 0 spiro atoms. The molecule has 43 heavy (non-hydrogen) atoms. The number of halogens is 6. The normalized spacial score (nSPS) is 15.0. The molecule has 2 aliphatic rings. The number of alkyl halides is 6. The van der Waals surface area contributed by atoms with Gasteiger partial charge in [0.05, 0.1) is 19.4 Å². The van der Waals surface area contributed by atoms with Gasteiger partial charge in [0.1, 0.15) is 17.1 Å². The van der Waals surface area contributed by atoms with E-state index in [2.05, 4.69) is 26.3 Å². The summed E-state index contributed by atoms with van der Waals surface area (Å²) in [4.78, 5) is 37.2. The lowest BCUT2D eigenvalue weighted by Gasteiger charge is -2.29. The van der Waals surface area contributed by atoms with E-state index in [0.717, 1.165) is 6.54 Å². The summed E-state index contributed by atoms with van der Waals surface area (Å²) >= 11 is 0.